The van der Waals surface area contributed by atoms with Crippen LogP contribution in [-0.4, -0.2) is 36.7 Å². The highest BCUT2D eigenvalue weighted by molar-refractivity contribution is 5.95. The number of nitrogens with one attached hydrogen (secondary N) is 2. The van der Waals surface area contributed by atoms with E-state index in [1.165, 1.54) is 0 Å². The van der Waals surface area contributed by atoms with E-state index >= 15 is 0 Å². The van der Waals surface area contributed by atoms with E-state index in [9.17, 15) is 9.59 Å². The monoisotopic (exact) mass is 271 g/mol. The molecular weight excluding hydrogens is 246 g/mol. The summed E-state index contributed by atoms with van der Waals surface area (Å²) >= 11 is 0. The molecular formula is C13H25N3O3. The summed E-state index contributed by atoms with van der Waals surface area (Å²) < 4.78 is 5.66. The molecule has 110 valence electrons. The maximum absolute atomic E-state index is 11.5. The van der Waals surface area contributed by atoms with Gasteiger partial charge in [0.1, 0.15) is 6.10 Å². The van der Waals surface area contributed by atoms with Gasteiger partial charge in [-0.25, -0.2) is 4.79 Å². The Balaban J connectivity index is 2.24. The van der Waals surface area contributed by atoms with Gasteiger partial charge in [-0.1, -0.05) is 6.92 Å². The highest BCUT2D eigenvalue weighted by atomic mass is 16.5. The number of amides is 3. The molecule has 0 spiro atoms. The Hall–Kier alpha value is -1.14. The van der Waals surface area contributed by atoms with Gasteiger partial charge in [-0.2, -0.15) is 0 Å². The van der Waals surface area contributed by atoms with Crippen LogP contribution in [0.25, 0.3) is 0 Å². The third kappa shape index (κ3) is 6.02. The molecule has 4 N–H and O–H groups in total. The average molecular weight is 271 g/mol. The van der Waals surface area contributed by atoms with Crippen molar-refractivity contribution in [2.45, 2.75) is 64.2 Å². The van der Waals surface area contributed by atoms with Crippen molar-refractivity contribution >= 4 is 11.9 Å². The molecule has 0 aromatic rings. The molecule has 6 nitrogen and oxygen atoms in total. The number of rotatable bonds is 6. The van der Waals surface area contributed by atoms with Gasteiger partial charge in [-0.15, -0.1) is 0 Å². The van der Waals surface area contributed by atoms with Crippen molar-refractivity contribution in [3.63, 3.8) is 0 Å². The third-order valence-corrected chi connectivity index (χ3v) is 3.37. The van der Waals surface area contributed by atoms with Gasteiger partial charge in [0.15, 0.2) is 0 Å². The minimum Gasteiger partial charge on any atom is -0.365 e. The summed E-state index contributed by atoms with van der Waals surface area (Å²) in [6, 6.07) is -0.275. The van der Waals surface area contributed by atoms with Gasteiger partial charge < -0.3 is 15.8 Å². The lowest BCUT2D eigenvalue weighted by Gasteiger charge is -2.30. The zero-order valence-electron chi connectivity index (χ0n) is 11.8. The summed E-state index contributed by atoms with van der Waals surface area (Å²) in [4.78, 5) is 22.1. The number of imide groups is 1. The molecule has 0 aliphatic heterocycles. The molecule has 1 saturated carbocycles. The standard InChI is InChI=1S/C13H25N3O3/c1-3-8-15-10-4-6-11(7-5-10)19-9(2)12(17)16-13(14)18/h9-11,15H,3-8H2,1-2H3,(H3,14,16,17,18). The van der Waals surface area contributed by atoms with Gasteiger partial charge in [-0.3, -0.25) is 10.1 Å². The second-order valence-electron chi connectivity index (χ2n) is 5.06. The molecule has 19 heavy (non-hydrogen) atoms. The number of nitrogens with two attached hydrogens (primary N) is 1. The summed E-state index contributed by atoms with van der Waals surface area (Å²) in [6.07, 6.45) is 4.60. The molecule has 1 atom stereocenters. The van der Waals surface area contributed by atoms with Crippen LogP contribution >= 0.6 is 0 Å². The summed E-state index contributed by atoms with van der Waals surface area (Å²) in [5.74, 6) is -0.473. The smallest absolute Gasteiger partial charge is 0.318 e. The normalized spacial score (nSPS) is 24.7. The predicted molar refractivity (Wildman–Crippen MR) is 72.6 cm³/mol. The van der Waals surface area contributed by atoms with E-state index in [-0.39, 0.29) is 6.10 Å². The lowest BCUT2D eigenvalue weighted by molar-refractivity contribution is -0.135. The minimum atomic E-state index is -0.840. The van der Waals surface area contributed by atoms with Crippen molar-refractivity contribution in [2.24, 2.45) is 5.73 Å². The lowest BCUT2D eigenvalue weighted by Crippen LogP contribution is -2.43. The summed E-state index contributed by atoms with van der Waals surface area (Å²) in [5, 5.41) is 5.53. The quantitative estimate of drug-likeness (QED) is 0.669. The van der Waals surface area contributed by atoms with Gasteiger partial charge in [0, 0.05) is 6.04 Å². The van der Waals surface area contributed by atoms with Gasteiger partial charge in [0.05, 0.1) is 6.10 Å². The Kier molecular flexibility index (Phi) is 6.80. The number of primary amides is 1. The number of hydrogen-bond donors (Lipinski definition) is 3. The van der Waals surface area contributed by atoms with Crippen LogP contribution in [0.4, 0.5) is 4.79 Å². The van der Waals surface area contributed by atoms with E-state index in [1.54, 1.807) is 6.92 Å². The second kappa shape index (κ2) is 8.12. The highest BCUT2D eigenvalue weighted by Crippen LogP contribution is 2.22. The zero-order valence-corrected chi connectivity index (χ0v) is 11.8. The van der Waals surface area contributed by atoms with Crippen molar-refractivity contribution in [1.29, 1.82) is 0 Å². The van der Waals surface area contributed by atoms with Crippen molar-refractivity contribution in [2.75, 3.05) is 6.54 Å². The van der Waals surface area contributed by atoms with Gasteiger partial charge in [-0.05, 0) is 45.6 Å². The molecule has 1 aliphatic rings. The Bertz CT molecular complexity index is 302. The molecule has 3 amide bonds. The van der Waals surface area contributed by atoms with Crippen LogP contribution in [0.1, 0.15) is 46.0 Å². The van der Waals surface area contributed by atoms with Gasteiger partial charge in [0.2, 0.25) is 0 Å². The number of hydrogen-bond acceptors (Lipinski definition) is 4. The summed E-state index contributed by atoms with van der Waals surface area (Å²) in [7, 11) is 0. The summed E-state index contributed by atoms with van der Waals surface area (Å²) in [5.41, 5.74) is 4.89. The van der Waals surface area contributed by atoms with Crippen LogP contribution in [0.3, 0.4) is 0 Å². The average Bonchev–Trinajstić information content (AvgIpc) is 2.37. The van der Waals surface area contributed by atoms with Crippen molar-refractivity contribution in [1.82, 2.24) is 10.6 Å². The first-order valence-electron chi connectivity index (χ1n) is 7.02. The van der Waals surface area contributed by atoms with E-state index in [1.807, 2.05) is 5.32 Å². The Morgan fingerprint density at radius 3 is 2.47 bits per heavy atom. The molecule has 1 rings (SSSR count). The van der Waals surface area contributed by atoms with E-state index in [0.717, 1.165) is 38.6 Å². The summed E-state index contributed by atoms with van der Waals surface area (Å²) in [6.45, 7) is 4.84. The van der Waals surface area contributed by atoms with Crippen LogP contribution in [0.2, 0.25) is 0 Å². The minimum absolute atomic E-state index is 0.0910. The van der Waals surface area contributed by atoms with Crippen LogP contribution in [0.15, 0.2) is 0 Å². The molecule has 1 aliphatic carbocycles. The molecule has 6 heteroatoms. The Morgan fingerprint density at radius 2 is 1.95 bits per heavy atom. The molecule has 0 bridgehead atoms. The van der Waals surface area contributed by atoms with E-state index < -0.39 is 18.0 Å². The van der Waals surface area contributed by atoms with Crippen molar-refractivity contribution in [3.05, 3.63) is 0 Å². The topological polar surface area (TPSA) is 93.4 Å². The van der Waals surface area contributed by atoms with Crippen LogP contribution < -0.4 is 16.4 Å². The number of ether oxygens (including phenoxy) is 1. The molecule has 0 radical (unpaired) electrons. The fourth-order valence-corrected chi connectivity index (χ4v) is 2.33. The van der Waals surface area contributed by atoms with Crippen LogP contribution in [0, 0.1) is 0 Å². The molecule has 0 aromatic carbocycles. The molecule has 0 saturated heterocycles. The van der Waals surface area contributed by atoms with Crippen LogP contribution in [-0.2, 0) is 9.53 Å². The molecule has 0 aromatic heterocycles. The Labute approximate surface area is 114 Å². The number of carbonyl (C=O) groups excluding carboxylic acids is 2. The zero-order chi connectivity index (χ0) is 14.3. The van der Waals surface area contributed by atoms with Gasteiger partial charge in [0.25, 0.3) is 5.91 Å². The third-order valence-electron chi connectivity index (χ3n) is 3.37. The predicted octanol–water partition coefficient (Wildman–Crippen LogP) is 0.897. The molecule has 1 unspecified atom stereocenters. The highest BCUT2D eigenvalue weighted by Gasteiger charge is 2.25. The maximum Gasteiger partial charge on any atom is 0.318 e. The first kappa shape index (κ1) is 15.9. The second-order valence-corrected chi connectivity index (χ2v) is 5.06. The van der Waals surface area contributed by atoms with Gasteiger partial charge >= 0.3 is 6.03 Å². The lowest BCUT2D eigenvalue weighted by atomic mass is 9.93. The fourth-order valence-electron chi connectivity index (χ4n) is 2.33. The number of urea groups is 1. The first-order valence-corrected chi connectivity index (χ1v) is 7.02. The Morgan fingerprint density at radius 1 is 1.32 bits per heavy atom. The molecule has 1 fully saturated rings. The van der Waals surface area contributed by atoms with E-state index in [0.29, 0.717) is 6.04 Å². The SMILES string of the molecule is CCCNC1CCC(OC(C)C(=O)NC(N)=O)CC1. The number of carbonyl (C=O) groups is 2. The van der Waals surface area contributed by atoms with Crippen LogP contribution in [0.5, 0.6) is 0 Å². The van der Waals surface area contributed by atoms with Crippen molar-refractivity contribution in [3.8, 4) is 0 Å². The van der Waals surface area contributed by atoms with E-state index in [4.69, 9.17) is 10.5 Å². The molecule has 0 heterocycles. The van der Waals surface area contributed by atoms with E-state index in [2.05, 4.69) is 12.2 Å². The first-order chi connectivity index (χ1) is 9.02. The van der Waals surface area contributed by atoms with Crippen molar-refractivity contribution < 1.29 is 14.3 Å². The maximum atomic E-state index is 11.5. The largest absolute Gasteiger partial charge is 0.365 e. The fraction of sp³-hybridized carbons (Fsp3) is 0.846.